The Morgan fingerprint density at radius 2 is 1.88 bits per heavy atom. The maximum absolute atomic E-state index is 13.9. The van der Waals surface area contributed by atoms with Gasteiger partial charge >= 0.3 is 0 Å². The summed E-state index contributed by atoms with van der Waals surface area (Å²) >= 11 is 0. The minimum Gasteiger partial charge on any atom is -0.497 e. The first-order valence-corrected chi connectivity index (χ1v) is 5.32. The maximum atomic E-state index is 13.9. The quantitative estimate of drug-likeness (QED) is 0.804. The molecule has 0 saturated carbocycles. The number of hydrogen-bond acceptors (Lipinski definition) is 2. The monoisotopic (exact) mass is 231 g/mol. The highest BCUT2D eigenvalue weighted by molar-refractivity contribution is 5.73. The predicted molar refractivity (Wildman–Crippen MR) is 67.5 cm³/mol. The van der Waals surface area contributed by atoms with Gasteiger partial charge < -0.3 is 10.5 Å². The lowest BCUT2D eigenvalue weighted by Gasteiger charge is -2.10. The highest BCUT2D eigenvalue weighted by Gasteiger charge is 2.09. The highest BCUT2D eigenvalue weighted by Crippen LogP contribution is 2.30. The van der Waals surface area contributed by atoms with Gasteiger partial charge in [-0.2, -0.15) is 0 Å². The second-order valence-electron chi connectivity index (χ2n) is 3.87. The summed E-state index contributed by atoms with van der Waals surface area (Å²) in [6.07, 6.45) is 0. The fourth-order valence-corrected chi connectivity index (χ4v) is 1.79. The molecule has 0 aliphatic heterocycles. The van der Waals surface area contributed by atoms with Crippen LogP contribution in [0.4, 0.5) is 10.1 Å². The van der Waals surface area contributed by atoms with Crippen molar-refractivity contribution in [1.29, 1.82) is 0 Å². The molecular formula is C14H14FNO. The summed E-state index contributed by atoms with van der Waals surface area (Å²) in [6, 6.07) is 10.3. The molecule has 0 radical (unpaired) electrons. The Morgan fingerprint density at radius 3 is 2.53 bits per heavy atom. The van der Waals surface area contributed by atoms with Gasteiger partial charge in [0, 0.05) is 17.3 Å². The second-order valence-corrected chi connectivity index (χ2v) is 3.87. The lowest BCUT2D eigenvalue weighted by atomic mass is 9.99. The van der Waals surface area contributed by atoms with Crippen molar-refractivity contribution >= 4 is 5.69 Å². The number of anilines is 1. The van der Waals surface area contributed by atoms with E-state index in [9.17, 15) is 4.39 Å². The van der Waals surface area contributed by atoms with Gasteiger partial charge in [-0.25, -0.2) is 4.39 Å². The van der Waals surface area contributed by atoms with Crippen LogP contribution in [0.5, 0.6) is 5.75 Å². The number of rotatable bonds is 2. The van der Waals surface area contributed by atoms with Crippen LogP contribution in [-0.2, 0) is 0 Å². The van der Waals surface area contributed by atoms with Gasteiger partial charge in [0.1, 0.15) is 11.6 Å². The molecule has 0 aromatic heterocycles. The average molecular weight is 231 g/mol. The molecule has 0 unspecified atom stereocenters. The summed E-state index contributed by atoms with van der Waals surface area (Å²) in [4.78, 5) is 0. The predicted octanol–water partition coefficient (Wildman–Crippen LogP) is 3.39. The Kier molecular flexibility index (Phi) is 3.00. The lowest BCUT2D eigenvalue weighted by molar-refractivity contribution is 0.411. The van der Waals surface area contributed by atoms with Crippen molar-refractivity contribution in [2.24, 2.45) is 0 Å². The van der Waals surface area contributed by atoms with Gasteiger partial charge in [-0.3, -0.25) is 0 Å². The summed E-state index contributed by atoms with van der Waals surface area (Å²) in [5, 5.41) is 0. The summed E-state index contributed by atoms with van der Waals surface area (Å²) in [5.74, 6) is 0.200. The van der Waals surface area contributed by atoms with Crippen LogP contribution >= 0.6 is 0 Å². The fraction of sp³-hybridized carbons (Fsp3) is 0.143. The molecule has 0 aliphatic rings. The second kappa shape index (κ2) is 4.45. The Bertz CT molecular complexity index is 552. The van der Waals surface area contributed by atoms with E-state index in [-0.39, 0.29) is 5.82 Å². The first kappa shape index (κ1) is 11.5. The number of ether oxygens (including phenoxy) is 1. The van der Waals surface area contributed by atoms with E-state index in [0.717, 1.165) is 11.1 Å². The molecule has 88 valence electrons. The van der Waals surface area contributed by atoms with E-state index in [0.29, 0.717) is 17.0 Å². The lowest BCUT2D eigenvalue weighted by Crippen LogP contribution is -1.94. The molecule has 2 rings (SSSR count). The van der Waals surface area contributed by atoms with E-state index in [4.69, 9.17) is 10.5 Å². The molecule has 0 atom stereocenters. The van der Waals surface area contributed by atoms with Gasteiger partial charge in [0.05, 0.1) is 7.11 Å². The molecule has 0 heterocycles. The summed E-state index contributed by atoms with van der Waals surface area (Å²) in [5.41, 5.74) is 8.72. The normalized spacial score (nSPS) is 10.3. The number of halogens is 1. The average Bonchev–Trinajstić information content (AvgIpc) is 2.33. The first-order chi connectivity index (χ1) is 8.13. The molecule has 2 aromatic rings. The highest BCUT2D eigenvalue weighted by atomic mass is 19.1. The van der Waals surface area contributed by atoms with Gasteiger partial charge in [-0.15, -0.1) is 0 Å². The number of methoxy groups -OCH3 is 1. The molecule has 2 N–H and O–H groups in total. The minimum absolute atomic E-state index is 0.307. The standard InChI is InChI=1S/C14H14FNO/c1-9-11(4-3-5-14(9)16)12-7-6-10(17-2)8-13(12)15/h3-8H,16H2,1-2H3. The number of benzene rings is 2. The summed E-state index contributed by atoms with van der Waals surface area (Å²) < 4.78 is 18.9. The van der Waals surface area contributed by atoms with Crippen LogP contribution in [0, 0.1) is 12.7 Å². The maximum Gasteiger partial charge on any atom is 0.134 e. The Labute approximate surface area is 99.8 Å². The van der Waals surface area contributed by atoms with E-state index in [2.05, 4.69) is 0 Å². The van der Waals surface area contributed by atoms with Crippen LogP contribution in [0.1, 0.15) is 5.56 Å². The van der Waals surface area contributed by atoms with E-state index < -0.39 is 0 Å². The van der Waals surface area contributed by atoms with Crippen LogP contribution in [0.15, 0.2) is 36.4 Å². The number of hydrogen-bond donors (Lipinski definition) is 1. The minimum atomic E-state index is -0.307. The molecule has 0 bridgehead atoms. The van der Waals surface area contributed by atoms with Crippen LogP contribution in [-0.4, -0.2) is 7.11 Å². The molecule has 0 spiro atoms. The van der Waals surface area contributed by atoms with Crippen LogP contribution < -0.4 is 10.5 Å². The summed E-state index contributed by atoms with van der Waals surface area (Å²) in [6.45, 7) is 1.88. The van der Waals surface area contributed by atoms with Crippen molar-refractivity contribution in [1.82, 2.24) is 0 Å². The van der Waals surface area contributed by atoms with E-state index in [1.807, 2.05) is 19.1 Å². The smallest absolute Gasteiger partial charge is 0.134 e. The summed E-state index contributed by atoms with van der Waals surface area (Å²) in [7, 11) is 1.51. The van der Waals surface area contributed by atoms with Gasteiger partial charge in [0.2, 0.25) is 0 Å². The van der Waals surface area contributed by atoms with Crippen LogP contribution in [0.3, 0.4) is 0 Å². The third-order valence-corrected chi connectivity index (χ3v) is 2.84. The topological polar surface area (TPSA) is 35.2 Å². The molecule has 3 heteroatoms. The fourth-order valence-electron chi connectivity index (χ4n) is 1.79. The third kappa shape index (κ3) is 2.09. The van der Waals surface area contributed by atoms with Crippen molar-refractivity contribution in [2.45, 2.75) is 6.92 Å². The van der Waals surface area contributed by atoms with Gasteiger partial charge in [0.25, 0.3) is 0 Å². The molecule has 0 saturated heterocycles. The van der Waals surface area contributed by atoms with Crippen molar-refractivity contribution in [3.63, 3.8) is 0 Å². The Morgan fingerprint density at radius 1 is 1.12 bits per heavy atom. The van der Waals surface area contributed by atoms with Crippen LogP contribution in [0.2, 0.25) is 0 Å². The zero-order valence-corrected chi connectivity index (χ0v) is 9.83. The third-order valence-electron chi connectivity index (χ3n) is 2.84. The Hall–Kier alpha value is -2.03. The number of nitrogen functional groups attached to an aromatic ring is 1. The van der Waals surface area contributed by atoms with Crippen molar-refractivity contribution in [2.75, 3.05) is 12.8 Å². The van der Waals surface area contributed by atoms with Crippen molar-refractivity contribution < 1.29 is 9.13 Å². The molecule has 17 heavy (non-hydrogen) atoms. The molecule has 0 aliphatic carbocycles. The van der Waals surface area contributed by atoms with Crippen LogP contribution in [0.25, 0.3) is 11.1 Å². The molecular weight excluding hydrogens is 217 g/mol. The van der Waals surface area contributed by atoms with Gasteiger partial charge in [-0.05, 0) is 36.2 Å². The molecule has 2 aromatic carbocycles. The molecule has 2 nitrogen and oxygen atoms in total. The van der Waals surface area contributed by atoms with E-state index in [1.165, 1.54) is 13.2 Å². The van der Waals surface area contributed by atoms with Gasteiger partial charge in [0.15, 0.2) is 0 Å². The first-order valence-electron chi connectivity index (χ1n) is 5.32. The van der Waals surface area contributed by atoms with E-state index >= 15 is 0 Å². The van der Waals surface area contributed by atoms with Crippen molar-refractivity contribution in [3.05, 3.63) is 47.8 Å². The largest absolute Gasteiger partial charge is 0.497 e. The van der Waals surface area contributed by atoms with Crippen molar-refractivity contribution in [3.8, 4) is 16.9 Å². The zero-order chi connectivity index (χ0) is 12.4. The van der Waals surface area contributed by atoms with E-state index in [1.54, 1.807) is 18.2 Å². The Balaban J connectivity index is 2.57. The SMILES string of the molecule is COc1ccc(-c2cccc(N)c2C)c(F)c1. The number of nitrogens with two attached hydrogens (primary N) is 1. The molecule has 0 fully saturated rings. The zero-order valence-electron chi connectivity index (χ0n) is 9.83. The molecule has 0 amide bonds. The van der Waals surface area contributed by atoms with Gasteiger partial charge in [-0.1, -0.05) is 12.1 Å².